The van der Waals surface area contributed by atoms with Crippen LogP contribution in [0.15, 0.2) is 30.5 Å². The Bertz CT molecular complexity index is 716. The third kappa shape index (κ3) is 4.75. The van der Waals surface area contributed by atoms with Crippen molar-refractivity contribution < 1.29 is 17.9 Å². The van der Waals surface area contributed by atoms with E-state index in [-0.39, 0.29) is 12.1 Å². The Morgan fingerprint density at radius 3 is 2.40 bits per heavy atom. The van der Waals surface area contributed by atoms with E-state index in [2.05, 4.69) is 15.3 Å². The largest absolute Gasteiger partial charge is 0.474 e. The molecule has 0 amide bonds. The van der Waals surface area contributed by atoms with Crippen molar-refractivity contribution in [3.8, 4) is 5.88 Å². The molecule has 8 heteroatoms. The standard InChI is InChI=1S/C17H17ClF3N3O/c18-11-6-8-12(9-7-11)23-16-22-10-14(17(19,20)21)15(24-16)25-13-4-2-1-3-5-13/h6-10,13H,1-5H2,(H,22,23,24). The van der Waals surface area contributed by atoms with Gasteiger partial charge in [0, 0.05) is 16.9 Å². The SMILES string of the molecule is FC(F)(F)c1cnc(Nc2ccc(Cl)cc2)nc1OC1CCCCC1. The van der Waals surface area contributed by atoms with Gasteiger partial charge in [-0.15, -0.1) is 0 Å². The van der Waals surface area contributed by atoms with Crippen LogP contribution in [-0.4, -0.2) is 16.1 Å². The lowest BCUT2D eigenvalue weighted by Crippen LogP contribution is -2.22. The van der Waals surface area contributed by atoms with E-state index in [1.807, 2.05) is 0 Å². The van der Waals surface area contributed by atoms with Crippen LogP contribution in [0.3, 0.4) is 0 Å². The molecule has 4 nitrogen and oxygen atoms in total. The molecule has 2 aromatic rings. The van der Waals surface area contributed by atoms with Crippen LogP contribution >= 0.6 is 11.6 Å². The highest BCUT2D eigenvalue weighted by Crippen LogP contribution is 2.36. The second-order valence-electron chi connectivity index (χ2n) is 5.92. The van der Waals surface area contributed by atoms with Crippen molar-refractivity contribution >= 4 is 23.2 Å². The summed E-state index contributed by atoms with van der Waals surface area (Å²) in [7, 11) is 0. The van der Waals surface area contributed by atoms with Crippen molar-refractivity contribution in [3.63, 3.8) is 0 Å². The van der Waals surface area contributed by atoms with Gasteiger partial charge >= 0.3 is 6.18 Å². The lowest BCUT2D eigenvalue weighted by atomic mass is 9.98. The van der Waals surface area contributed by atoms with Gasteiger partial charge in [0.15, 0.2) is 0 Å². The summed E-state index contributed by atoms with van der Waals surface area (Å²) in [5.41, 5.74) is -0.340. The van der Waals surface area contributed by atoms with Crippen LogP contribution in [-0.2, 0) is 6.18 Å². The minimum atomic E-state index is -4.57. The number of aromatic nitrogens is 2. The maximum atomic E-state index is 13.2. The van der Waals surface area contributed by atoms with Crippen LogP contribution in [0.25, 0.3) is 0 Å². The van der Waals surface area contributed by atoms with Crippen molar-refractivity contribution in [1.29, 1.82) is 0 Å². The Hall–Kier alpha value is -2.02. The molecule has 1 heterocycles. The minimum absolute atomic E-state index is 0.0427. The van der Waals surface area contributed by atoms with E-state index in [9.17, 15) is 13.2 Å². The quantitative estimate of drug-likeness (QED) is 0.759. The predicted octanol–water partition coefficient (Wildman–Crippen LogP) is 5.60. The summed E-state index contributed by atoms with van der Waals surface area (Å²) in [4.78, 5) is 7.71. The fraction of sp³-hybridized carbons (Fsp3) is 0.412. The van der Waals surface area contributed by atoms with E-state index >= 15 is 0 Å². The molecular formula is C17H17ClF3N3O. The number of hydrogen-bond donors (Lipinski definition) is 1. The van der Waals surface area contributed by atoms with Crippen LogP contribution < -0.4 is 10.1 Å². The van der Waals surface area contributed by atoms with Gasteiger partial charge in [-0.1, -0.05) is 18.0 Å². The van der Waals surface area contributed by atoms with Crippen LogP contribution in [0.1, 0.15) is 37.7 Å². The second kappa shape index (κ2) is 7.47. The summed E-state index contributed by atoms with van der Waals surface area (Å²) in [6.45, 7) is 0. The molecule has 0 aliphatic heterocycles. The monoisotopic (exact) mass is 371 g/mol. The fourth-order valence-corrected chi connectivity index (χ4v) is 2.84. The molecular weight excluding hydrogens is 355 g/mol. The highest BCUT2D eigenvalue weighted by Gasteiger charge is 2.37. The van der Waals surface area contributed by atoms with Crippen LogP contribution in [0, 0.1) is 0 Å². The summed E-state index contributed by atoms with van der Waals surface area (Å²) in [6.07, 6.45) is 0.404. The number of ether oxygens (including phenoxy) is 1. The molecule has 0 bridgehead atoms. The molecule has 1 aliphatic rings. The first-order valence-corrected chi connectivity index (χ1v) is 8.43. The smallest absolute Gasteiger partial charge is 0.423 e. The zero-order valence-electron chi connectivity index (χ0n) is 13.3. The molecule has 0 saturated heterocycles. The highest BCUT2D eigenvalue weighted by atomic mass is 35.5. The highest BCUT2D eigenvalue weighted by molar-refractivity contribution is 6.30. The molecule has 0 atom stereocenters. The van der Waals surface area contributed by atoms with E-state index in [0.717, 1.165) is 38.3 Å². The number of rotatable bonds is 4. The number of alkyl halides is 3. The summed E-state index contributed by atoms with van der Waals surface area (Å²) in [5.74, 6) is -0.382. The number of halogens is 4. The third-order valence-electron chi connectivity index (χ3n) is 3.99. The van der Waals surface area contributed by atoms with E-state index in [1.54, 1.807) is 24.3 Å². The average molecular weight is 372 g/mol. The van der Waals surface area contributed by atoms with Gasteiger partial charge in [-0.3, -0.25) is 0 Å². The molecule has 1 N–H and O–H groups in total. The molecule has 0 radical (unpaired) electrons. The first kappa shape index (κ1) is 17.8. The van der Waals surface area contributed by atoms with E-state index < -0.39 is 17.6 Å². The lowest BCUT2D eigenvalue weighted by molar-refractivity contribution is -0.140. The zero-order valence-corrected chi connectivity index (χ0v) is 14.1. The van der Waals surface area contributed by atoms with Crippen molar-refractivity contribution in [2.75, 3.05) is 5.32 Å². The van der Waals surface area contributed by atoms with Gasteiger partial charge in [-0.2, -0.15) is 18.2 Å². The molecule has 1 aromatic heterocycles. The Kier molecular flexibility index (Phi) is 5.32. The van der Waals surface area contributed by atoms with E-state index in [1.165, 1.54) is 0 Å². The fourth-order valence-electron chi connectivity index (χ4n) is 2.71. The van der Waals surface area contributed by atoms with E-state index in [4.69, 9.17) is 16.3 Å². The molecule has 0 spiro atoms. The van der Waals surface area contributed by atoms with E-state index in [0.29, 0.717) is 10.7 Å². The van der Waals surface area contributed by atoms with Gasteiger partial charge in [0.2, 0.25) is 11.8 Å². The number of hydrogen-bond acceptors (Lipinski definition) is 4. The number of nitrogens with zero attached hydrogens (tertiary/aromatic N) is 2. The number of benzene rings is 1. The topological polar surface area (TPSA) is 47.0 Å². The Balaban J connectivity index is 1.84. The Morgan fingerprint density at radius 1 is 1.08 bits per heavy atom. The Labute approximate surface area is 148 Å². The molecule has 1 aromatic carbocycles. The third-order valence-corrected chi connectivity index (χ3v) is 4.24. The van der Waals surface area contributed by atoms with Crippen LogP contribution in [0.2, 0.25) is 5.02 Å². The van der Waals surface area contributed by atoms with Crippen molar-refractivity contribution in [3.05, 3.63) is 41.0 Å². The summed E-state index contributed by atoms with van der Waals surface area (Å²) >= 11 is 5.82. The van der Waals surface area contributed by atoms with Gasteiger partial charge in [0.1, 0.15) is 11.7 Å². The molecule has 3 rings (SSSR count). The summed E-state index contributed by atoms with van der Waals surface area (Å²) in [6, 6.07) is 6.69. The van der Waals surface area contributed by atoms with Crippen molar-refractivity contribution in [1.82, 2.24) is 9.97 Å². The lowest BCUT2D eigenvalue weighted by Gasteiger charge is -2.24. The van der Waals surface area contributed by atoms with Crippen LogP contribution in [0.5, 0.6) is 5.88 Å². The molecule has 1 fully saturated rings. The predicted molar refractivity (Wildman–Crippen MR) is 89.3 cm³/mol. The maximum absolute atomic E-state index is 13.2. The van der Waals surface area contributed by atoms with Gasteiger partial charge < -0.3 is 10.1 Å². The normalized spacial score (nSPS) is 15.8. The molecule has 25 heavy (non-hydrogen) atoms. The molecule has 0 unspecified atom stereocenters. The Morgan fingerprint density at radius 2 is 1.76 bits per heavy atom. The maximum Gasteiger partial charge on any atom is 0.423 e. The first-order valence-electron chi connectivity index (χ1n) is 8.05. The van der Waals surface area contributed by atoms with Crippen molar-refractivity contribution in [2.24, 2.45) is 0 Å². The molecule has 1 saturated carbocycles. The number of nitrogens with one attached hydrogen (secondary N) is 1. The summed E-state index contributed by atoms with van der Waals surface area (Å²) in [5, 5.41) is 3.41. The first-order chi connectivity index (χ1) is 11.9. The minimum Gasteiger partial charge on any atom is -0.474 e. The zero-order chi connectivity index (χ0) is 17.9. The molecule has 134 valence electrons. The van der Waals surface area contributed by atoms with Crippen molar-refractivity contribution in [2.45, 2.75) is 44.4 Å². The van der Waals surface area contributed by atoms with Crippen LogP contribution in [0.4, 0.5) is 24.8 Å². The van der Waals surface area contributed by atoms with Gasteiger partial charge in [0.25, 0.3) is 0 Å². The summed E-state index contributed by atoms with van der Waals surface area (Å²) < 4.78 is 45.2. The van der Waals surface area contributed by atoms with Gasteiger partial charge in [-0.05, 0) is 49.9 Å². The molecule has 1 aliphatic carbocycles. The average Bonchev–Trinajstić information content (AvgIpc) is 2.57. The van der Waals surface area contributed by atoms with Gasteiger partial charge in [-0.25, -0.2) is 4.98 Å². The number of anilines is 2. The second-order valence-corrected chi connectivity index (χ2v) is 6.36. The van der Waals surface area contributed by atoms with Gasteiger partial charge in [0.05, 0.1) is 0 Å².